The third-order valence-corrected chi connectivity index (χ3v) is 10.1. The molecule has 0 heterocycles. The third-order valence-electron chi connectivity index (χ3n) is 10.1. The zero-order valence-corrected chi connectivity index (χ0v) is 37.4. The van der Waals surface area contributed by atoms with Crippen LogP contribution in [-0.4, -0.2) is 126 Å². The number of carbonyl (C=O) groups is 11. The van der Waals surface area contributed by atoms with E-state index in [2.05, 4.69) is 36.6 Å². The Bertz CT molecular complexity index is 2350. The van der Waals surface area contributed by atoms with Crippen LogP contribution in [-0.2, 0) is 51.2 Å². The molecule has 0 aliphatic heterocycles. The average molecular weight is 991 g/mol. The molecule has 0 aromatic heterocycles. The van der Waals surface area contributed by atoms with E-state index >= 15 is 0 Å². The first-order valence-corrected chi connectivity index (χ1v) is 21.3. The van der Waals surface area contributed by atoms with Crippen LogP contribution >= 0.6 is 0 Å². The molecule has 3 aromatic rings. The fourth-order valence-electron chi connectivity index (χ4n) is 6.43. The van der Waals surface area contributed by atoms with Gasteiger partial charge in [0.05, 0.1) is 0 Å². The van der Waals surface area contributed by atoms with Crippen LogP contribution in [0, 0.1) is 0 Å². The van der Waals surface area contributed by atoms with Gasteiger partial charge in [0, 0.05) is 72.1 Å². The van der Waals surface area contributed by atoms with Crippen molar-refractivity contribution in [2.45, 2.75) is 94.4 Å². The van der Waals surface area contributed by atoms with Gasteiger partial charge >= 0.3 is 47.9 Å². The summed E-state index contributed by atoms with van der Waals surface area (Å²) in [4.78, 5) is 135. The Morgan fingerprint density at radius 3 is 1.17 bits per heavy atom. The van der Waals surface area contributed by atoms with Crippen LogP contribution < -0.4 is 37.2 Å². The molecule has 0 unspecified atom stereocenters. The van der Waals surface area contributed by atoms with E-state index < -0.39 is 121 Å². The number of urea groups is 2. The lowest BCUT2D eigenvalue weighted by Gasteiger charge is -2.19. The van der Waals surface area contributed by atoms with Gasteiger partial charge in [-0.1, -0.05) is 41.5 Å². The lowest BCUT2D eigenvalue weighted by Crippen LogP contribution is -2.51. The number of amides is 7. The van der Waals surface area contributed by atoms with Crippen LogP contribution in [0.15, 0.2) is 77.9 Å². The van der Waals surface area contributed by atoms with Gasteiger partial charge in [-0.3, -0.25) is 24.0 Å². The second-order valence-electron chi connectivity index (χ2n) is 15.5. The van der Waals surface area contributed by atoms with Gasteiger partial charge in [0.15, 0.2) is 0 Å². The number of anilines is 2. The maximum Gasteiger partial charge on any atom is 0.326 e. The standard InChI is InChI=1S/C44H50N10O17/c45-54-53-29-11-5-25(6-12-29)38(61)48-28(13-17-34(55)46-26-7-1-23(2-8-26)21-32(41(66)67)51-43(70)49-30(39(62)63)15-19-36(57)58)14-18-35(56)47-27-9-3-24(4-10-27)22-33(42(68)69)52-44(71)50-31(40(64)65)16-20-37(59)60/h1-12,28,30-33H,13-22H2,(H,46,55)(H,47,56)(H,48,61)(H,57,58)(H,59,60)(H,62,63)(H,64,65)(H,66,67)(H,68,69)(H2,49,51,70)(H2,50,52,71)/t30-,31-,32-,33-/m0/s1. The Morgan fingerprint density at radius 1 is 0.465 bits per heavy atom. The molecule has 0 saturated heterocycles. The van der Waals surface area contributed by atoms with Crippen LogP contribution in [0.5, 0.6) is 0 Å². The van der Waals surface area contributed by atoms with Crippen molar-refractivity contribution in [1.82, 2.24) is 26.6 Å². The SMILES string of the molecule is [N-]=[N+]=Nc1ccc(C(=O)NC(CCC(=O)Nc2ccc(C[C@H](NC(=O)N[C@@H](CCC(=O)O)C(=O)O)C(=O)O)cc2)CCC(=O)Nc2ccc(C[C@H](NC(=O)N[C@@H](CCC(=O)O)C(=O)O)C(=O)O)cc2)cc1. The highest BCUT2D eigenvalue weighted by atomic mass is 16.4. The first-order valence-electron chi connectivity index (χ1n) is 21.3. The number of benzene rings is 3. The van der Waals surface area contributed by atoms with Gasteiger partial charge in [-0.25, -0.2) is 28.8 Å². The number of rotatable bonds is 29. The molecule has 27 heteroatoms. The van der Waals surface area contributed by atoms with Crippen LogP contribution in [0.2, 0.25) is 0 Å². The molecule has 13 N–H and O–H groups in total. The number of aliphatic carboxylic acids is 6. The highest BCUT2D eigenvalue weighted by Gasteiger charge is 2.27. The van der Waals surface area contributed by atoms with Gasteiger partial charge < -0.3 is 67.9 Å². The van der Waals surface area contributed by atoms with Crippen molar-refractivity contribution in [2.75, 3.05) is 10.6 Å². The number of azide groups is 1. The number of carboxylic acids is 6. The summed E-state index contributed by atoms with van der Waals surface area (Å²) in [7, 11) is 0. The summed E-state index contributed by atoms with van der Waals surface area (Å²) in [6.07, 6.45) is -2.76. The molecule has 3 rings (SSSR count). The van der Waals surface area contributed by atoms with Gasteiger partial charge in [0.1, 0.15) is 24.2 Å². The summed E-state index contributed by atoms with van der Waals surface area (Å²) < 4.78 is 0. The number of hydrogen-bond acceptors (Lipinski definition) is 12. The summed E-state index contributed by atoms with van der Waals surface area (Å²) in [5.74, 6) is -10.1. The van der Waals surface area contributed by atoms with Crippen LogP contribution in [0.4, 0.5) is 26.7 Å². The number of nitrogens with zero attached hydrogens (tertiary/aromatic N) is 3. The molecule has 0 saturated carbocycles. The minimum atomic E-state index is -1.59. The molecule has 0 fully saturated rings. The lowest BCUT2D eigenvalue weighted by molar-refractivity contribution is -0.142. The fraction of sp³-hybridized carbons (Fsp3) is 0.341. The summed E-state index contributed by atoms with van der Waals surface area (Å²) in [6, 6.07) is 8.12. The van der Waals surface area contributed by atoms with Gasteiger partial charge in [-0.2, -0.15) is 0 Å². The first kappa shape index (κ1) is 56.1. The number of carbonyl (C=O) groups excluding carboxylic acids is 5. The molecule has 3 aromatic carbocycles. The molecule has 4 atom stereocenters. The molecule has 0 aliphatic carbocycles. The number of hydrogen-bond donors (Lipinski definition) is 13. The molecular weight excluding hydrogens is 941 g/mol. The molecule has 71 heavy (non-hydrogen) atoms. The van der Waals surface area contributed by atoms with Gasteiger partial charge in [-0.15, -0.1) is 0 Å². The second-order valence-corrected chi connectivity index (χ2v) is 15.5. The van der Waals surface area contributed by atoms with Crippen molar-refractivity contribution in [3.05, 3.63) is 99.9 Å². The van der Waals surface area contributed by atoms with Crippen molar-refractivity contribution >= 4 is 82.7 Å². The predicted octanol–water partition coefficient (Wildman–Crippen LogP) is 2.79. The molecule has 0 bridgehead atoms. The van der Waals surface area contributed by atoms with Crippen LogP contribution in [0.1, 0.15) is 72.9 Å². The summed E-state index contributed by atoms with van der Waals surface area (Å²) >= 11 is 0. The predicted molar refractivity (Wildman–Crippen MR) is 245 cm³/mol. The van der Waals surface area contributed by atoms with Crippen LogP contribution in [0.3, 0.4) is 0 Å². The Morgan fingerprint density at radius 2 is 0.831 bits per heavy atom. The summed E-state index contributed by atoms with van der Waals surface area (Å²) in [6.45, 7) is 0. The molecule has 7 amide bonds. The Balaban J connectivity index is 1.61. The highest BCUT2D eigenvalue weighted by Crippen LogP contribution is 2.18. The van der Waals surface area contributed by atoms with Crippen molar-refractivity contribution < 1.29 is 83.4 Å². The first-order chi connectivity index (χ1) is 33.6. The lowest BCUT2D eigenvalue weighted by atomic mass is 10.0. The van der Waals surface area contributed by atoms with E-state index in [1.54, 1.807) is 0 Å². The summed E-state index contributed by atoms with van der Waals surface area (Å²) in [5, 5.41) is 75.5. The maximum atomic E-state index is 13.2. The molecule has 0 aliphatic rings. The number of nitrogens with one attached hydrogen (secondary N) is 7. The zero-order valence-electron chi connectivity index (χ0n) is 37.4. The van der Waals surface area contributed by atoms with Crippen molar-refractivity contribution in [3.8, 4) is 0 Å². The molecule has 0 spiro atoms. The average Bonchev–Trinajstić information content (AvgIpc) is 3.30. The minimum Gasteiger partial charge on any atom is -0.481 e. The minimum absolute atomic E-state index is 0.0393. The summed E-state index contributed by atoms with van der Waals surface area (Å²) in [5.41, 5.74) is 10.5. The van der Waals surface area contributed by atoms with E-state index in [9.17, 15) is 73.2 Å². The molecule has 378 valence electrons. The fourth-order valence-corrected chi connectivity index (χ4v) is 6.43. The Kier molecular flexibility index (Phi) is 22.2. The van der Waals surface area contributed by atoms with E-state index in [4.69, 9.17) is 15.7 Å². The Hall–Kier alpha value is -9.26. The van der Waals surface area contributed by atoms with E-state index in [1.165, 1.54) is 72.8 Å². The normalized spacial score (nSPS) is 12.2. The van der Waals surface area contributed by atoms with E-state index in [-0.39, 0.29) is 49.8 Å². The van der Waals surface area contributed by atoms with E-state index in [1.807, 2.05) is 10.6 Å². The highest BCUT2D eigenvalue weighted by molar-refractivity contribution is 5.95. The van der Waals surface area contributed by atoms with E-state index in [0.29, 0.717) is 22.5 Å². The molecular formula is C44H50N10O17. The maximum absolute atomic E-state index is 13.2. The van der Waals surface area contributed by atoms with Crippen molar-refractivity contribution in [3.63, 3.8) is 0 Å². The zero-order chi connectivity index (χ0) is 52.6. The van der Waals surface area contributed by atoms with Crippen molar-refractivity contribution in [2.24, 2.45) is 5.11 Å². The van der Waals surface area contributed by atoms with Crippen molar-refractivity contribution in [1.29, 1.82) is 0 Å². The molecule has 27 nitrogen and oxygen atoms in total. The largest absolute Gasteiger partial charge is 0.481 e. The van der Waals surface area contributed by atoms with Gasteiger partial charge in [0.2, 0.25) is 11.8 Å². The van der Waals surface area contributed by atoms with Gasteiger partial charge in [-0.05, 0) is 78.7 Å². The monoisotopic (exact) mass is 990 g/mol. The number of carboxylic acid groups (broad SMARTS) is 6. The second kappa shape index (κ2) is 28.2. The van der Waals surface area contributed by atoms with Crippen LogP contribution in [0.25, 0.3) is 10.4 Å². The Labute approximate surface area is 402 Å². The third kappa shape index (κ3) is 21.1. The smallest absolute Gasteiger partial charge is 0.326 e. The van der Waals surface area contributed by atoms with Gasteiger partial charge in [0.25, 0.3) is 5.91 Å². The van der Waals surface area contributed by atoms with E-state index in [0.717, 1.165) is 0 Å². The molecule has 0 radical (unpaired) electrons. The topological polar surface area (TPSA) is 442 Å². The quantitative estimate of drug-likeness (QED) is 0.0270.